The van der Waals surface area contributed by atoms with Gasteiger partial charge in [0.25, 0.3) is 0 Å². The van der Waals surface area contributed by atoms with Crippen LogP contribution in [0.1, 0.15) is 53.9 Å². The molecule has 18 heavy (non-hydrogen) atoms. The highest BCUT2D eigenvalue weighted by atomic mass is 35.5. The Balaban J connectivity index is 2.67. The number of ether oxygens (including phenoxy) is 1. The van der Waals surface area contributed by atoms with E-state index < -0.39 is 5.60 Å². The fraction of sp³-hybridized carbons (Fsp3) is 0.929. The van der Waals surface area contributed by atoms with Gasteiger partial charge in [0.1, 0.15) is 5.60 Å². The number of nitrogens with zero attached hydrogens (tertiary/aromatic N) is 1. The summed E-state index contributed by atoms with van der Waals surface area (Å²) < 4.78 is 5.47. The number of alkyl halides is 1. The summed E-state index contributed by atoms with van der Waals surface area (Å²) in [6, 6.07) is 0.219. The van der Waals surface area contributed by atoms with Crippen molar-refractivity contribution in [1.82, 2.24) is 4.90 Å². The van der Waals surface area contributed by atoms with Crippen molar-refractivity contribution in [3.05, 3.63) is 0 Å². The molecule has 1 aliphatic rings. The van der Waals surface area contributed by atoms with Crippen molar-refractivity contribution in [2.75, 3.05) is 6.54 Å². The lowest BCUT2D eigenvalue weighted by Gasteiger charge is -2.39. The number of carbonyl (C=O) groups excluding carboxylic acids is 1. The standard InChI is InChI=1S/C14H26ClNO2/c1-10(2)8-12-9-11(15)6-7-16(12)13(17)18-14(3,4)5/h10-12H,6-9H2,1-5H3/t11-,12+/m1/s1. The lowest BCUT2D eigenvalue weighted by atomic mass is 9.94. The van der Waals surface area contributed by atoms with Gasteiger partial charge in [-0.15, -0.1) is 11.6 Å². The third kappa shape index (κ3) is 5.05. The Hall–Kier alpha value is -0.440. The van der Waals surface area contributed by atoms with Crippen molar-refractivity contribution in [2.45, 2.75) is 70.9 Å². The van der Waals surface area contributed by atoms with Gasteiger partial charge in [-0.25, -0.2) is 4.79 Å². The van der Waals surface area contributed by atoms with Crippen molar-refractivity contribution in [1.29, 1.82) is 0 Å². The van der Waals surface area contributed by atoms with E-state index in [-0.39, 0.29) is 17.5 Å². The van der Waals surface area contributed by atoms with Gasteiger partial charge >= 0.3 is 6.09 Å². The number of hydrogen-bond donors (Lipinski definition) is 0. The highest BCUT2D eigenvalue weighted by Gasteiger charge is 2.33. The minimum atomic E-state index is -0.433. The van der Waals surface area contributed by atoms with Crippen LogP contribution in [-0.2, 0) is 4.74 Å². The molecule has 0 aromatic carbocycles. The lowest BCUT2D eigenvalue weighted by Crippen LogP contribution is -2.48. The SMILES string of the molecule is CC(C)C[C@H]1C[C@H](Cl)CCN1C(=O)OC(C)(C)C. The average molecular weight is 276 g/mol. The summed E-state index contributed by atoms with van der Waals surface area (Å²) in [5.74, 6) is 0.557. The molecule has 106 valence electrons. The number of hydrogen-bond acceptors (Lipinski definition) is 2. The molecule has 3 nitrogen and oxygen atoms in total. The second-order valence-corrected chi connectivity index (χ2v) is 7.20. The van der Waals surface area contributed by atoms with Crippen LogP contribution < -0.4 is 0 Å². The smallest absolute Gasteiger partial charge is 0.410 e. The molecule has 0 aromatic heterocycles. The summed E-state index contributed by atoms with van der Waals surface area (Å²) in [6.45, 7) is 10.8. The van der Waals surface area contributed by atoms with E-state index in [1.807, 2.05) is 25.7 Å². The molecule has 0 radical (unpaired) electrons. The zero-order valence-electron chi connectivity index (χ0n) is 12.2. The van der Waals surface area contributed by atoms with E-state index >= 15 is 0 Å². The molecule has 1 fully saturated rings. The Kier molecular flexibility index (Phi) is 5.32. The summed E-state index contributed by atoms with van der Waals surface area (Å²) >= 11 is 6.22. The highest BCUT2D eigenvalue weighted by molar-refractivity contribution is 6.20. The van der Waals surface area contributed by atoms with E-state index in [4.69, 9.17) is 16.3 Å². The molecule has 0 bridgehead atoms. The second kappa shape index (κ2) is 6.14. The summed E-state index contributed by atoms with van der Waals surface area (Å²) in [5.41, 5.74) is -0.433. The van der Waals surface area contributed by atoms with E-state index in [0.29, 0.717) is 12.5 Å². The third-order valence-corrected chi connectivity index (χ3v) is 3.42. The van der Waals surface area contributed by atoms with Gasteiger partial charge in [0.15, 0.2) is 0 Å². The molecule has 0 spiro atoms. The van der Waals surface area contributed by atoms with Crippen LogP contribution in [0.5, 0.6) is 0 Å². The second-order valence-electron chi connectivity index (χ2n) is 6.58. The van der Waals surface area contributed by atoms with Crippen LogP contribution in [0.25, 0.3) is 0 Å². The van der Waals surface area contributed by atoms with E-state index in [0.717, 1.165) is 19.3 Å². The fourth-order valence-electron chi connectivity index (χ4n) is 2.33. The minimum Gasteiger partial charge on any atom is -0.444 e. The van der Waals surface area contributed by atoms with Gasteiger partial charge in [-0.3, -0.25) is 0 Å². The first-order chi connectivity index (χ1) is 8.19. The van der Waals surface area contributed by atoms with E-state index in [9.17, 15) is 4.79 Å². The topological polar surface area (TPSA) is 29.5 Å². The third-order valence-electron chi connectivity index (χ3n) is 3.02. The molecule has 1 rings (SSSR count). The molecule has 4 heteroatoms. The molecular formula is C14H26ClNO2. The van der Waals surface area contributed by atoms with Gasteiger partial charge in [0.2, 0.25) is 0 Å². The summed E-state index contributed by atoms with van der Waals surface area (Å²) in [5, 5.41) is 0.187. The van der Waals surface area contributed by atoms with Gasteiger partial charge < -0.3 is 9.64 Å². The first kappa shape index (κ1) is 15.6. The van der Waals surface area contributed by atoms with Gasteiger partial charge in [0, 0.05) is 18.0 Å². The molecule has 0 aliphatic carbocycles. The van der Waals surface area contributed by atoms with Crippen molar-refractivity contribution in [3.8, 4) is 0 Å². The Labute approximate surface area is 116 Å². The fourth-order valence-corrected chi connectivity index (χ4v) is 2.63. The van der Waals surface area contributed by atoms with Crippen molar-refractivity contribution in [3.63, 3.8) is 0 Å². The van der Waals surface area contributed by atoms with Crippen molar-refractivity contribution < 1.29 is 9.53 Å². The molecule has 0 aromatic rings. The number of amides is 1. The Morgan fingerprint density at radius 1 is 1.44 bits per heavy atom. The zero-order chi connectivity index (χ0) is 13.9. The van der Waals surface area contributed by atoms with Gasteiger partial charge in [-0.05, 0) is 46.0 Å². The molecule has 0 unspecified atom stereocenters. The quantitative estimate of drug-likeness (QED) is 0.712. The summed E-state index contributed by atoms with van der Waals surface area (Å²) in [4.78, 5) is 14.0. The Morgan fingerprint density at radius 2 is 2.06 bits per heavy atom. The van der Waals surface area contributed by atoms with Crippen LogP contribution in [0.3, 0.4) is 0 Å². The lowest BCUT2D eigenvalue weighted by molar-refractivity contribution is 0.00787. The number of halogens is 1. The molecule has 1 saturated heterocycles. The molecule has 1 aliphatic heterocycles. The molecule has 1 amide bonds. The predicted octanol–water partition coefficient (Wildman–Crippen LogP) is 4.04. The maximum atomic E-state index is 12.2. The van der Waals surface area contributed by atoms with E-state index in [2.05, 4.69) is 13.8 Å². The largest absolute Gasteiger partial charge is 0.444 e. The first-order valence-electron chi connectivity index (χ1n) is 6.82. The van der Waals surface area contributed by atoms with Crippen LogP contribution in [0.2, 0.25) is 0 Å². The zero-order valence-corrected chi connectivity index (χ0v) is 13.0. The molecule has 0 saturated carbocycles. The van der Waals surface area contributed by atoms with Crippen molar-refractivity contribution >= 4 is 17.7 Å². The molecular weight excluding hydrogens is 250 g/mol. The van der Waals surface area contributed by atoms with Crippen LogP contribution >= 0.6 is 11.6 Å². The Morgan fingerprint density at radius 3 is 2.56 bits per heavy atom. The molecule has 2 atom stereocenters. The Bertz CT molecular complexity index is 284. The number of rotatable bonds is 2. The van der Waals surface area contributed by atoms with E-state index in [1.165, 1.54) is 0 Å². The van der Waals surface area contributed by atoms with Gasteiger partial charge in [-0.1, -0.05) is 13.8 Å². The summed E-state index contributed by atoms with van der Waals surface area (Å²) in [6.07, 6.45) is 2.52. The predicted molar refractivity (Wildman–Crippen MR) is 75.1 cm³/mol. The maximum Gasteiger partial charge on any atom is 0.410 e. The normalized spacial score (nSPS) is 25.4. The van der Waals surface area contributed by atoms with Gasteiger partial charge in [0.05, 0.1) is 0 Å². The van der Waals surface area contributed by atoms with Crippen LogP contribution in [0, 0.1) is 5.92 Å². The number of carbonyl (C=O) groups is 1. The molecule has 0 N–H and O–H groups in total. The monoisotopic (exact) mass is 275 g/mol. The van der Waals surface area contributed by atoms with E-state index in [1.54, 1.807) is 0 Å². The minimum absolute atomic E-state index is 0.187. The number of piperidine rings is 1. The highest BCUT2D eigenvalue weighted by Crippen LogP contribution is 2.27. The summed E-state index contributed by atoms with van der Waals surface area (Å²) in [7, 11) is 0. The van der Waals surface area contributed by atoms with Crippen LogP contribution in [0.4, 0.5) is 4.79 Å². The number of likely N-dealkylation sites (tertiary alicyclic amines) is 1. The van der Waals surface area contributed by atoms with Crippen LogP contribution in [0.15, 0.2) is 0 Å². The maximum absolute atomic E-state index is 12.2. The average Bonchev–Trinajstić information content (AvgIpc) is 2.13. The van der Waals surface area contributed by atoms with Crippen LogP contribution in [-0.4, -0.2) is 34.6 Å². The van der Waals surface area contributed by atoms with Gasteiger partial charge in [-0.2, -0.15) is 0 Å². The van der Waals surface area contributed by atoms with Crippen molar-refractivity contribution in [2.24, 2.45) is 5.92 Å². The first-order valence-corrected chi connectivity index (χ1v) is 7.26. The molecule has 1 heterocycles.